The number of halogens is 2. The summed E-state index contributed by atoms with van der Waals surface area (Å²) >= 11 is 0. The van der Waals surface area contributed by atoms with Gasteiger partial charge in [0, 0.05) is 68.1 Å². The zero-order valence-electron chi connectivity index (χ0n) is 19.6. The molecule has 0 fully saturated rings. The van der Waals surface area contributed by atoms with Crippen LogP contribution in [-0.2, 0) is 26.1 Å². The molecular formula is C26H27F2N3O4. The van der Waals surface area contributed by atoms with Gasteiger partial charge in [0.25, 0.3) is 11.5 Å². The van der Waals surface area contributed by atoms with E-state index in [1.807, 2.05) is 29.2 Å². The van der Waals surface area contributed by atoms with Gasteiger partial charge in [-0.3, -0.25) is 14.5 Å². The molecule has 1 N–H and O–H groups in total. The Bertz CT molecular complexity index is 1290. The number of hydrogen-bond donors (Lipinski definition) is 1. The largest absolute Gasteiger partial charge is 0.496 e. The second-order valence-corrected chi connectivity index (χ2v) is 8.28. The van der Waals surface area contributed by atoms with Crippen LogP contribution >= 0.6 is 0 Å². The molecule has 3 aromatic rings. The first-order valence-electron chi connectivity index (χ1n) is 11.3. The topological polar surface area (TPSA) is 72.8 Å². The molecule has 1 aliphatic heterocycles. The Labute approximate surface area is 201 Å². The molecule has 0 atom stereocenters. The second-order valence-electron chi connectivity index (χ2n) is 8.28. The van der Waals surface area contributed by atoms with Crippen LogP contribution in [0.25, 0.3) is 0 Å². The van der Waals surface area contributed by atoms with Crippen LogP contribution in [0.3, 0.4) is 0 Å². The number of carbonyl (C=O) groups excluding carboxylic acids is 1. The Morgan fingerprint density at radius 2 is 1.74 bits per heavy atom. The summed E-state index contributed by atoms with van der Waals surface area (Å²) in [5.74, 6) is -0.739. The van der Waals surface area contributed by atoms with E-state index in [-0.39, 0.29) is 30.3 Å². The number of benzene rings is 2. The van der Waals surface area contributed by atoms with Crippen molar-refractivity contribution >= 4 is 5.91 Å². The van der Waals surface area contributed by atoms with E-state index in [1.54, 1.807) is 11.7 Å². The molecular weight excluding hydrogens is 456 g/mol. The fourth-order valence-corrected chi connectivity index (χ4v) is 4.36. The van der Waals surface area contributed by atoms with Crippen molar-refractivity contribution in [2.24, 2.45) is 0 Å². The van der Waals surface area contributed by atoms with Gasteiger partial charge in [0.1, 0.15) is 28.7 Å². The first-order valence-corrected chi connectivity index (χ1v) is 11.3. The minimum Gasteiger partial charge on any atom is -0.496 e. The summed E-state index contributed by atoms with van der Waals surface area (Å²) in [5.41, 5.74) is 1.78. The van der Waals surface area contributed by atoms with Gasteiger partial charge in [-0.1, -0.05) is 24.3 Å². The molecule has 7 nitrogen and oxygen atoms in total. The Morgan fingerprint density at radius 1 is 0.971 bits per heavy atom. The van der Waals surface area contributed by atoms with E-state index >= 15 is 0 Å². The molecule has 0 saturated carbocycles. The zero-order chi connectivity index (χ0) is 24.9. The first kappa shape index (κ1) is 24.4. The maximum atomic E-state index is 14.2. The summed E-state index contributed by atoms with van der Waals surface area (Å²) in [6.07, 6.45) is 0.382. The summed E-state index contributed by atoms with van der Waals surface area (Å²) in [6.45, 7) is 1.78. The van der Waals surface area contributed by atoms with Crippen LogP contribution in [0, 0.1) is 11.6 Å². The van der Waals surface area contributed by atoms with E-state index < -0.39 is 11.6 Å². The van der Waals surface area contributed by atoms with Gasteiger partial charge < -0.3 is 19.4 Å². The fraction of sp³-hybridized carbons (Fsp3) is 0.308. The number of ether oxygens (including phenoxy) is 2. The molecule has 0 unspecified atom stereocenters. The van der Waals surface area contributed by atoms with Crippen LogP contribution < -0.4 is 20.3 Å². The van der Waals surface area contributed by atoms with Gasteiger partial charge in [0.15, 0.2) is 0 Å². The number of hydrogen-bond acceptors (Lipinski definition) is 5. The Kier molecular flexibility index (Phi) is 7.45. The van der Waals surface area contributed by atoms with Crippen molar-refractivity contribution in [2.45, 2.75) is 26.1 Å². The smallest absolute Gasteiger partial charge is 0.257 e. The van der Waals surface area contributed by atoms with Gasteiger partial charge in [-0.05, 0) is 12.1 Å². The molecule has 0 bridgehead atoms. The number of amides is 1. The molecule has 1 aliphatic rings. The third-order valence-corrected chi connectivity index (χ3v) is 6.17. The summed E-state index contributed by atoms with van der Waals surface area (Å²) in [5, 5.41) is 2.91. The molecule has 0 spiro atoms. The lowest BCUT2D eigenvalue weighted by molar-refractivity contribution is 0.0945. The predicted molar refractivity (Wildman–Crippen MR) is 127 cm³/mol. The van der Waals surface area contributed by atoms with E-state index in [4.69, 9.17) is 9.47 Å². The van der Waals surface area contributed by atoms with Gasteiger partial charge >= 0.3 is 0 Å². The number of methoxy groups -OCH3 is 2. The van der Waals surface area contributed by atoms with Gasteiger partial charge in [0.05, 0.1) is 14.2 Å². The van der Waals surface area contributed by atoms with Crippen molar-refractivity contribution in [3.05, 3.63) is 92.9 Å². The molecule has 4 rings (SSSR count). The van der Waals surface area contributed by atoms with E-state index in [1.165, 1.54) is 25.3 Å². The van der Waals surface area contributed by atoms with Gasteiger partial charge in [-0.25, -0.2) is 8.78 Å². The number of pyridine rings is 1. The van der Waals surface area contributed by atoms with Gasteiger partial charge in [-0.2, -0.15) is 0 Å². The van der Waals surface area contributed by atoms with Crippen molar-refractivity contribution in [2.75, 3.05) is 27.3 Å². The fourth-order valence-electron chi connectivity index (χ4n) is 4.36. The molecule has 1 amide bonds. The molecule has 9 heteroatoms. The number of carbonyl (C=O) groups is 1. The lowest BCUT2D eigenvalue weighted by Gasteiger charge is -2.19. The van der Waals surface area contributed by atoms with Crippen LogP contribution in [0.15, 0.2) is 53.3 Å². The van der Waals surface area contributed by atoms with E-state index in [2.05, 4.69) is 5.32 Å². The number of rotatable bonds is 7. The van der Waals surface area contributed by atoms with Crippen LogP contribution in [0.1, 0.15) is 27.2 Å². The molecule has 1 aromatic heterocycles. The number of nitrogens with one attached hydrogen (secondary N) is 1. The van der Waals surface area contributed by atoms with E-state index in [9.17, 15) is 18.4 Å². The standard InChI is InChI=1S/C26H27F2N3O4/c1-34-22-6-4-3-5-17(22)15-29-26(33)25-21-9-10-30(16-18-7-8-19(27)13-20(18)28)11-12-31(21)24(32)14-23(25)35-2/h3-8,13-14H,9-12,15-16H2,1-2H3,(H,29,33). The highest BCUT2D eigenvalue weighted by Crippen LogP contribution is 2.24. The van der Waals surface area contributed by atoms with Crippen molar-refractivity contribution in [3.8, 4) is 11.5 Å². The third-order valence-electron chi connectivity index (χ3n) is 6.17. The Morgan fingerprint density at radius 3 is 2.49 bits per heavy atom. The molecule has 0 saturated heterocycles. The quantitative estimate of drug-likeness (QED) is 0.559. The minimum absolute atomic E-state index is 0.205. The Balaban J connectivity index is 1.58. The summed E-state index contributed by atoms with van der Waals surface area (Å²) in [7, 11) is 2.99. The molecule has 2 aromatic carbocycles. The number of nitrogens with zero attached hydrogens (tertiary/aromatic N) is 2. The van der Waals surface area contributed by atoms with E-state index in [0.717, 1.165) is 11.6 Å². The average molecular weight is 484 g/mol. The van der Waals surface area contributed by atoms with Crippen molar-refractivity contribution in [1.82, 2.24) is 14.8 Å². The van der Waals surface area contributed by atoms with Crippen LogP contribution in [0.2, 0.25) is 0 Å². The van der Waals surface area contributed by atoms with Crippen LogP contribution in [0.4, 0.5) is 8.78 Å². The summed E-state index contributed by atoms with van der Waals surface area (Å²) in [6, 6.07) is 12.2. The maximum absolute atomic E-state index is 14.2. The van der Waals surface area contributed by atoms with E-state index in [0.29, 0.717) is 48.6 Å². The third kappa shape index (κ3) is 5.35. The Hall–Kier alpha value is -3.72. The lowest BCUT2D eigenvalue weighted by Crippen LogP contribution is -2.31. The number of aromatic nitrogens is 1. The van der Waals surface area contributed by atoms with Crippen LogP contribution in [0.5, 0.6) is 11.5 Å². The molecule has 2 heterocycles. The highest BCUT2D eigenvalue weighted by Gasteiger charge is 2.25. The van der Waals surface area contributed by atoms with Crippen molar-refractivity contribution in [3.63, 3.8) is 0 Å². The van der Waals surface area contributed by atoms with Gasteiger partial charge in [0.2, 0.25) is 0 Å². The number of fused-ring (bicyclic) bond motifs is 1. The van der Waals surface area contributed by atoms with Crippen LogP contribution in [-0.4, -0.2) is 42.7 Å². The normalized spacial score (nSPS) is 13.6. The SMILES string of the molecule is COc1ccccc1CNC(=O)c1c(OC)cc(=O)n2c1CCN(Cc1ccc(F)cc1F)CC2. The lowest BCUT2D eigenvalue weighted by atomic mass is 10.1. The highest BCUT2D eigenvalue weighted by atomic mass is 19.1. The maximum Gasteiger partial charge on any atom is 0.257 e. The second kappa shape index (κ2) is 10.7. The molecule has 0 radical (unpaired) electrons. The molecule has 0 aliphatic carbocycles. The highest BCUT2D eigenvalue weighted by molar-refractivity contribution is 5.98. The van der Waals surface area contributed by atoms with Gasteiger partial charge in [-0.15, -0.1) is 0 Å². The molecule has 184 valence electrons. The van der Waals surface area contributed by atoms with Crippen molar-refractivity contribution in [1.29, 1.82) is 0 Å². The summed E-state index contributed by atoms with van der Waals surface area (Å²) < 4.78 is 39.8. The number of para-hydroxylation sites is 1. The predicted octanol–water partition coefficient (Wildman–Crippen LogP) is 3.13. The van der Waals surface area contributed by atoms with Crippen molar-refractivity contribution < 1.29 is 23.0 Å². The zero-order valence-corrected chi connectivity index (χ0v) is 19.6. The average Bonchev–Trinajstić information content (AvgIpc) is 3.07. The first-order chi connectivity index (χ1) is 16.9. The minimum atomic E-state index is -0.628. The molecule has 35 heavy (non-hydrogen) atoms. The monoisotopic (exact) mass is 483 g/mol. The summed E-state index contributed by atoms with van der Waals surface area (Å²) in [4.78, 5) is 28.1.